The second-order valence-electron chi connectivity index (χ2n) is 4.77. The third-order valence-corrected chi connectivity index (χ3v) is 3.25. The zero-order chi connectivity index (χ0) is 14.7. The Bertz CT molecular complexity index is 717. The van der Waals surface area contributed by atoms with Crippen LogP contribution in [0.15, 0.2) is 46.5 Å². The van der Waals surface area contributed by atoms with Crippen molar-refractivity contribution < 1.29 is 5.21 Å². The second-order valence-corrected chi connectivity index (χ2v) is 4.77. The van der Waals surface area contributed by atoms with Crippen LogP contribution in [0.2, 0.25) is 0 Å². The van der Waals surface area contributed by atoms with Crippen LogP contribution in [0.3, 0.4) is 0 Å². The third kappa shape index (κ3) is 2.71. The number of oxime groups is 1. The summed E-state index contributed by atoms with van der Waals surface area (Å²) in [6.07, 6.45) is 1.69. The fourth-order valence-corrected chi connectivity index (χ4v) is 2.06. The van der Waals surface area contributed by atoms with Crippen LogP contribution in [-0.4, -0.2) is 15.6 Å². The quantitative estimate of drug-likeness (QED) is 0.385. The minimum atomic E-state index is -0.274. The zero-order valence-electron chi connectivity index (χ0n) is 11.5. The Labute approximate surface area is 117 Å². The minimum absolute atomic E-state index is 0.176. The van der Waals surface area contributed by atoms with Crippen LogP contribution in [0.4, 0.5) is 0 Å². The summed E-state index contributed by atoms with van der Waals surface area (Å²) in [7, 11) is 0. The van der Waals surface area contributed by atoms with Crippen molar-refractivity contribution in [1.29, 1.82) is 0 Å². The molecule has 0 aliphatic rings. The minimum Gasteiger partial charge on any atom is -0.409 e. The number of nitrogens with zero attached hydrogens (tertiary/aromatic N) is 2. The van der Waals surface area contributed by atoms with Crippen molar-refractivity contribution in [2.24, 2.45) is 10.9 Å². The van der Waals surface area contributed by atoms with E-state index in [9.17, 15) is 4.79 Å². The molecule has 3 N–H and O–H groups in total. The summed E-state index contributed by atoms with van der Waals surface area (Å²) in [6.45, 7) is 4.48. The van der Waals surface area contributed by atoms with E-state index in [0.29, 0.717) is 6.54 Å². The number of amidine groups is 1. The maximum atomic E-state index is 12.3. The third-order valence-electron chi connectivity index (χ3n) is 3.25. The summed E-state index contributed by atoms with van der Waals surface area (Å²) in [4.78, 5) is 12.3. The molecule has 0 spiro atoms. The highest BCUT2D eigenvalue weighted by Gasteiger charge is 2.08. The van der Waals surface area contributed by atoms with Gasteiger partial charge in [0.25, 0.3) is 5.56 Å². The molecule has 0 saturated heterocycles. The second kappa shape index (κ2) is 5.61. The van der Waals surface area contributed by atoms with E-state index in [2.05, 4.69) is 11.2 Å². The van der Waals surface area contributed by atoms with Crippen molar-refractivity contribution in [1.82, 2.24) is 4.57 Å². The highest BCUT2D eigenvalue weighted by Crippen LogP contribution is 2.11. The van der Waals surface area contributed by atoms with Crippen LogP contribution in [0.25, 0.3) is 0 Å². The first kappa shape index (κ1) is 13.9. The molecule has 0 saturated carbocycles. The van der Waals surface area contributed by atoms with E-state index >= 15 is 0 Å². The molecule has 104 valence electrons. The molecule has 0 atom stereocenters. The van der Waals surface area contributed by atoms with Gasteiger partial charge in [-0.15, -0.1) is 0 Å². The predicted molar refractivity (Wildman–Crippen MR) is 78.2 cm³/mol. The number of hydrogen-bond acceptors (Lipinski definition) is 3. The van der Waals surface area contributed by atoms with Gasteiger partial charge in [0, 0.05) is 6.20 Å². The van der Waals surface area contributed by atoms with E-state index in [4.69, 9.17) is 10.9 Å². The van der Waals surface area contributed by atoms with E-state index in [1.807, 2.05) is 26.0 Å². The SMILES string of the molecule is Cc1ccc(C)c(Cn2cccc(/C(N)=N/O)c2=O)c1. The summed E-state index contributed by atoms with van der Waals surface area (Å²) >= 11 is 0. The molecule has 2 rings (SSSR count). The molecule has 1 aromatic heterocycles. The highest BCUT2D eigenvalue weighted by atomic mass is 16.4. The smallest absolute Gasteiger partial charge is 0.261 e. The number of rotatable bonds is 3. The number of hydrogen-bond donors (Lipinski definition) is 2. The Morgan fingerprint density at radius 2 is 2.10 bits per heavy atom. The van der Waals surface area contributed by atoms with Gasteiger partial charge in [0.05, 0.1) is 12.1 Å². The maximum absolute atomic E-state index is 12.3. The lowest BCUT2D eigenvalue weighted by atomic mass is 10.1. The normalized spacial score (nSPS) is 11.6. The molecule has 0 amide bonds. The first-order valence-corrected chi connectivity index (χ1v) is 6.26. The molecule has 2 aromatic rings. The zero-order valence-corrected chi connectivity index (χ0v) is 11.5. The van der Waals surface area contributed by atoms with Crippen molar-refractivity contribution in [3.63, 3.8) is 0 Å². The van der Waals surface area contributed by atoms with E-state index in [0.717, 1.165) is 16.7 Å². The topological polar surface area (TPSA) is 80.6 Å². The van der Waals surface area contributed by atoms with Crippen molar-refractivity contribution in [2.45, 2.75) is 20.4 Å². The molecule has 0 fully saturated rings. The first-order chi connectivity index (χ1) is 9.52. The standard InChI is InChI=1S/C15H17N3O2/c1-10-5-6-11(2)12(8-10)9-18-7-3-4-13(15(18)19)14(16)17-20/h3-8,20H,9H2,1-2H3,(H2,16,17). The molecule has 5 nitrogen and oxygen atoms in total. The van der Waals surface area contributed by atoms with Gasteiger partial charge in [-0.05, 0) is 37.1 Å². The van der Waals surface area contributed by atoms with Gasteiger partial charge in [-0.3, -0.25) is 4.79 Å². The summed E-state index contributed by atoms with van der Waals surface area (Å²) in [5.41, 5.74) is 8.76. The van der Waals surface area contributed by atoms with E-state index < -0.39 is 0 Å². The van der Waals surface area contributed by atoms with Crippen LogP contribution in [0, 0.1) is 13.8 Å². The molecule has 0 unspecified atom stereocenters. The fraction of sp³-hybridized carbons (Fsp3) is 0.200. The van der Waals surface area contributed by atoms with Crippen LogP contribution < -0.4 is 11.3 Å². The van der Waals surface area contributed by atoms with Crippen molar-refractivity contribution in [3.05, 3.63) is 69.1 Å². The molecule has 0 bridgehead atoms. The molecular weight excluding hydrogens is 254 g/mol. The van der Waals surface area contributed by atoms with Gasteiger partial charge >= 0.3 is 0 Å². The van der Waals surface area contributed by atoms with Gasteiger partial charge < -0.3 is 15.5 Å². The molecular formula is C15H17N3O2. The number of benzene rings is 1. The lowest BCUT2D eigenvalue weighted by Crippen LogP contribution is -2.30. The Morgan fingerprint density at radius 3 is 2.80 bits per heavy atom. The Kier molecular flexibility index (Phi) is 3.89. The lowest BCUT2D eigenvalue weighted by molar-refractivity contribution is 0.318. The van der Waals surface area contributed by atoms with Crippen LogP contribution in [0.1, 0.15) is 22.3 Å². The lowest BCUT2D eigenvalue weighted by Gasteiger charge is -2.10. The highest BCUT2D eigenvalue weighted by molar-refractivity contribution is 5.96. The number of pyridine rings is 1. The number of nitrogens with two attached hydrogens (primary N) is 1. The summed E-state index contributed by atoms with van der Waals surface area (Å²) in [5, 5.41) is 11.6. The maximum Gasteiger partial charge on any atom is 0.261 e. The first-order valence-electron chi connectivity index (χ1n) is 6.26. The van der Waals surface area contributed by atoms with Gasteiger partial charge in [-0.1, -0.05) is 28.9 Å². The average molecular weight is 271 g/mol. The molecule has 0 radical (unpaired) electrons. The molecule has 1 heterocycles. The van der Waals surface area contributed by atoms with Gasteiger partial charge in [0.15, 0.2) is 5.84 Å². The van der Waals surface area contributed by atoms with Crippen molar-refractivity contribution >= 4 is 5.84 Å². The largest absolute Gasteiger partial charge is 0.409 e. The molecule has 0 aliphatic heterocycles. The Morgan fingerprint density at radius 1 is 1.35 bits per heavy atom. The monoisotopic (exact) mass is 271 g/mol. The van der Waals surface area contributed by atoms with E-state index in [1.54, 1.807) is 16.8 Å². The summed E-state index contributed by atoms with van der Waals surface area (Å²) in [5.74, 6) is -0.176. The Hall–Kier alpha value is -2.56. The van der Waals surface area contributed by atoms with Crippen LogP contribution in [0.5, 0.6) is 0 Å². The van der Waals surface area contributed by atoms with Gasteiger partial charge in [0.2, 0.25) is 0 Å². The van der Waals surface area contributed by atoms with Gasteiger partial charge in [0.1, 0.15) is 0 Å². The summed E-state index contributed by atoms with van der Waals surface area (Å²) < 4.78 is 1.55. The van der Waals surface area contributed by atoms with E-state index in [1.165, 1.54) is 6.07 Å². The average Bonchev–Trinajstić information content (AvgIpc) is 2.44. The van der Waals surface area contributed by atoms with Crippen LogP contribution >= 0.6 is 0 Å². The number of aromatic nitrogens is 1. The fourth-order valence-electron chi connectivity index (χ4n) is 2.06. The van der Waals surface area contributed by atoms with Crippen molar-refractivity contribution in [2.75, 3.05) is 0 Å². The predicted octanol–water partition coefficient (Wildman–Crippen LogP) is 1.61. The number of aryl methyl sites for hydroxylation is 2. The molecule has 5 heteroatoms. The van der Waals surface area contributed by atoms with Gasteiger partial charge in [-0.2, -0.15) is 0 Å². The Balaban J connectivity index is 2.45. The summed E-state index contributed by atoms with van der Waals surface area (Å²) in [6, 6.07) is 9.37. The molecule has 0 aliphatic carbocycles. The van der Waals surface area contributed by atoms with Crippen LogP contribution in [-0.2, 0) is 6.54 Å². The molecule has 1 aromatic carbocycles. The van der Waals surface area contributed by atoms with Crippen molar-refractivity contribution in [3.8, 4) is 0 Å². The van der Waals surface area contributed by atoms with Gasteiger partial charge in [-0.25, -0.2) is 0 Å². The van der Waals surface area contributed by atoms with E-state index in [-0.39, 0.29) is 17.0 Å². The molecule has 20 heavy (non-hydrogen) atoms.